The van der Waals surface area contributed by atoms with Gasteiger partial charge in [-0.25, -0.2) is 9.97 Å². The predicted molar refractivity (Wildman–Crippen MR) is 62.8 cm³/mol. The molecular formula is C11H11N3O2. The minimum Gasteiger partial charge on any atom is -0.358 e. The molecule has 0 aliphatic rings. The molecule has 0 unspecified atom stereocenters. The topological polar surface area (TPSA) is 71.8 Å². The first kappa shape index (κ1) is 11.6. The molecule has 1 aromatic rings. The molecule has 1 rings (SSSR count). The van der Waals surface area contributed by atoms with Gasteiger partial charge in [-0.3, -0.25) is 0 Å². The van der Waals surface area contributed by atoms with Gasteiger partial charge in [0.05, 0.1) is 0 Å². The Balaban J connectivity index is 2.95. The van der Waals surface area contributed by atoms with E-state index < -0.39 is 4.92 Å². The first-order valence-electron chi connectivity index (χ1n) is 4.50. The SMILES string of the molecule is C=C/C=C(C=C)/C=C/c1nc[nH]c1[N+](=O)[O-]. The van der Waals surface area contributed by atoms with E-state index in [1.807, 2.05) is 0 Å². The van der Waals surface area contributed by atoms with Crippen LogP contribution < -0.4 is 0 Å². The number of H-pyrrole nitrogens is 1. The van der Waals surface area contributed by atoms with Crippen LogP contribution in [-0.2, 0) is 0 Å². The highest BCUT2D eigenvalue weighted by molar-refractivity contribution is 5.57. The van der Waals surface area contributed by atoms with Crippen LogP contribution in [0, 0.1) is 10.1 Å². The van der Waals surface area contributed by atoms with Crippen molar-refractivity contribution < 1.29 is 4.92 Å². The normalized spacial score (nSPS) is 11.6. The molecule has 1 heterocycles. The number of nitrogens with zero attached hydrogens (tertiary/aromatic N) is 2. The van der Waals surface area contributed by atoms with Gasteiger partial charge in [-0.15, -0.1) is 0 Å². The zero-order valence-electron chi connectivity index (χ0n) is 8.59. The summed E-state index contributed by atoms with van der Waals surface area (Å²) in [6.45, 7) is 7.16. The van der Waals surface area contributed by atoms with Crippen molar-refractivity contribution in [2.45, 2.75) is 0 Å². The van der Waals surface area contributed by atoms with Crippen molar-refractivity contribution in [3.05, 3.63) is 65.2 Å². The smallest absolute Gasteiger partial charge is 0.347 e. The van der Waals surface area contributed by atoms with Crippen LogP contribution in [0.1, 0.15) is 5.69 Å². The van der Waals surface area contributed by atoms with Gasteiger partial charge in [0.25, 0.3) is 0 Å². The number of imidazole rings is 1. The second-order valence-electron chi connectivity index (χ2n) is 2.83. The van der Waals surface area contributed by atoms with Gasteiger partial charge in [-0.05, 0) is 16.6 Å². The van der Waals surface area contributed by atoms with E-state index in [4.69, 9.17) is 0 Å². The standard InChI is InChI=1S/C11H11N3O2/c1-3-5-9(4-2)6-7-10-11(14(15)16)13-8-12-10/h3-8H,1-2H2,(H,12,13)/b7-6+,9-5+. The third-order valence-corrected chi connectivity index (χ3v) is 1.81. The maximum absolute atomic E-state index is 10.6. The van der Waals surface area contributed by atoms with Gasteiger partial charge < -0.3 is 10.1 Å². The summed E-state index contributed by atoms with van der Waals surface area (Å²) in [6.07, 6.45) is 9.48. The first-order chi connectivity index (χ1) is 7.69. The van der Waals surface area contributed by atoms with E-state index in [0.717, 1.165) is 5.57 Å². The van der Waals surface area contributed by atoms with Gasteiger partial charge in [-0.1, -0.05) is 37.5 Å². The molecular weight excluding hydrogens is 206 g/mol. The van der Waals surface area contributed by atoms with Crippen LogP contribution in [0.4, 0.5) is 5.82 Å². The lowest BCUT2D eigenvalue weighted by molar-refractivity contribution is -0.389. The maximum atomic E-state index is 10.6. The molecule has 0 fully saturated rings. The Kier molecular flexibility index (Phi) is 3.97. The summed E-state index contributed by atoms with van der Waals surface area (Å²) < 4.78 is 0. The van der Waals surface area contributed by atoms with E-state index in [9.17, 15) is 10.1 Å². The quantitative estimate of drug-likeness (QED) is 0.468. The molecule has 0 aromatic carbocycles. The zero-order chi connectivity index (χ0) is 12.0. The van der Waals surface area contributed by atoms with Crippen molar-refractivity contribution in [1.29, 1.82) is 0 Å². The number of allylic oxidation sites excluding steroid dienone is 5. The van der Waals surface area contributed by atoms with E-state index in [1.54, 1.807) is 30.4 Å². The third-order valence-electron chi connectivity index (χ3n) is 1.81. The van der Waals surface area contributed by atoms with Crippen LogP contribution in [0.5, 0.6) is 0 Å². The molecule has 5 nitrogen and oxygen atoms in total. The Morgan fingerprint density at radius 3 is 2.88 bits per heavy atom. The summed E-state index contributed by atoms with van der Waals surface area (Å²) in [4.78, 5) is 16.3. The molecule has 0 aliphatic heterocycles. The fraction of sp³-hybridized carbons (Fsp3) is 0. The second kappa shape index (κ2) is 5.45. The summed E-state index contributed by atoms with van der Waals surface area (Å²) in [7, 11) is 0. The number of aromatic amines is 1. The molecule has 0 spiro atoms. The highest BCUT2D eigenvalue weighted by atomic mass is 16.6. The molecule has 82 valence electrons. The molecule has 0 bridgehead atoms. The average Bonchev–Trinajstić information content (AvgIpc) is 2.72. The molecule has 0 saturated heterocycles. The monoisotopic (exact) mass is 217 g/mol. The van der Waals surface area contributed by atoms with Gasteiger partial charge in [0, 0.05) is 0 Å². The number of nitro groups is 1. The van der Waals surface area contributed by atoms with Gasteiger partial charge in [0.2, 0.25) is 0 Å². The Morgan fingerprint density at radius 1 is 1.56 bits per heavy atom. The Morgan fingerprint density at radius 2 is 2.31 bits per heavy atom. The van der Waals surface area contributed by atoms with Crippen LogP contribution in [0.15, 0.2) is 49.4 Å². The van der Waals surface area contributed by atoms with Gasteiger partial charge in [-0.2, -0.15) is 0 Å². The molecule has 16 heavy (non-hydrogen) atoms. The molecule has 0 atom stereocenters. The summed E-state index contributed by atoms with van der Waals surface area (Å²) >= 11 is 0. The van der Waals surface area contributed by atoms with E-state index in [0.29, 0.717) is 0 Å². The van der Waals surface area contributed by atoms with E-state index >= 15 is 0 Å². The van der Waals surface area contributed by atoms with Crippen LogP contribution >= 0.6 is 0 Å². The lowest BCUT2D eigenvalue weighted by atomic mass is 10.2. The highest BCUT2D eigenvalue weighted by Gasteiger charge is 2.11. The summed E-state index contributed by atoms with van der Waals surface area (Å²) in [5, 5.41) is 10.6. The van der Waals surface area contributed by atoms with Crippen molar-refractivity contribution in [3.63, 3.8) is 0 Å². The minimum atomic E-state index is -0.516. The zero-order valence-corrected chi connectivity index (χ0v) is 8.59. The Labute approximate surface area is 92.7 Å². The molecule has 5 heteroatoms. The van der Waals surface area contributed by atoms with E-state index in [1.165, 1.54) is 6.33 Å². The van der Waals surface area contributed by atoms with Crippen LogP contribution in [-0.4, -0.2) is 14.9 Å². The average molecular weight is 217 g/mol. The van der Waals surface area contributed by atoms with Crippen LogP contribution in [0.25, 0.3) is 6.08 Å². The third kappa shape index (κ3) is 2.78. The lowest BCUT2D eigenvalue weighted by Crippen LogP contribution is -1.90. The fourth-order valence-corrected chi connectivity index (χ4v) is 1.07. The van der Waals surface area contributed by atoms with Crippen molar-refractivity contribution in [2.24, 2.45) is 0 Å². The van der Waals surface area contributed by atoms with Crippen molar-refractivity contribution in [2.75, 3.05) is 0 Å². The molecule has 0 saturated carbocycles. The molecule has 0 aliphatic carbocycles. The molecule has 0 amide bonds. The van der Waals surface area contributed by atoms with Crippen LogP contribution in [0.3, 0.4) is 0 Å². The number of aromatic nitrogens is 2. The Hall–Kier alpha value is -2.43. The number of hydrogen-bond acceptors (Lipinski definition) is 3. The van der Waals surface area contributed by atoms with Gasteiger partial charge in [0.15, 0.2) is 12.0 Å². The summed E-state index contributed by atoms with van der Waals surface area (Å²) in [6, 6.07) is 0. The van der Waals surface area contributed by atoms with Crippen LogP contribution in [0.2, 0.25) is 0 Å². The first-order valence-corrected chi connectivity index (χ1v) is 4.50. The lowest BCUT2D eigenvalue weighted by Gasteiger charge is -1.92. The molecule has 0 radical (unpaired) electrons. The summed E-state index contributed by atoms with van der Waals surface area (Å²) in [5.74, 6) is -0.127. The van der Waals surface area contributed by atoms with Crippen molar-refractivity contribution >= 4 is 11.9 Å². The molecule has 1 N–H and O–H groups in total. The second-order valence-corrected chi connectivity index (χ2v) is 2.83. The van der Waals surface area contributed by atoms with Gasteiger partial charge in [0.1, 0.15) is 0 Å². The number of nitrogens with one attached hydrogen (secondary N) is 1. The highest BCUT2D eigenvalue weighted by Crippen LogP contribution is 2.14. The fourth-order valence-electron chi connectivity index (χ4n) is 1.07. The van der Waals surface area contributed by atoms with E-state index in [2.05, 4.69) is 23.1 Å². The molecule has 1 aromatic heterocycles. The number of rotatable bonds is 5. The Bertz CT molecular complexity index is 469. The van der Waals surface area contributed by atoms with Crippen molar-refractivity contribution in [1.82, 2.24) is 9.97 Å². The van der Waals surface area contributed by atoms with Crippen molar-refractivity contribution in [3.8, 4) is 0 Å². The predicted octanol–water partition coefficient (Wildman–Crippen LogP) is 2.63. The maximum Gasteiger partial charge on any atom is 0.347 e. The minimum absolute atomic E-state index is 0.127. The number of hydrogen-bond donors (Lipinski definition) is 1. The largest absolute Gasteiger partial charge is 0.358 e. The summed E-state index contributed by atoms with van der Waals surface area (Å²) in [5.41, 5.74) is 1.08. The van der Waals surface area contributed by atoms with E-state index in [-0.39, 0.29) is 11.5 Å². The van der Waals surface area contributed by atoms with Gasteiger partial charge >= 0.3 is 5.82 Å².